The first-order chi connectivity index (χ1) is 15.3. The molecule has 32 heavy (non-hydrogen) atoms. The molecule has 4 N–H and O–H groups in total. The van der Waals surface area contributed by atoms with Gasteiger partial charge in [-0.25, -0.2) is 14.6 Å². The molecule has 1 fully saturated rings. The highest BCUT2D eigenvalue weighted by Gasteiger charge is 2.54. The second-order valence-electron chi connectivity index (χ2n) is 6.33. The summed E-state index contributed by atoms with van der Waals surface area (Å²) in [7, 11) is 0. The Labute approximate surface area is 190 Å². The van der Waals surface area contributed by atoms with Crippen LogP contribution in [0.15, 0.2) is 34.5 Å². The minimum atomic E-state index is -1.25. The number of thiazole rings is 1. The van der Waals surface area contributed by atoms with E-state index in [1.54, 1.807) is 6.92 Å². The molecule has 1 unspecified atom stereocenters. The van der Waals surface area contributed by atoms with Gasteiger partial charge in [-0.2, -0.15) is 0 Å². The van der Waals surface area contributed by atoms with E-state index in [9.17, 15) is 24.3 Å². The molecule has 0 aliphatic carbocycles. The molecule has 2 aliphatic heterocycles. The Kier molecular flexibility index (Phi) is 7.15. The van der Waals surface area contributed by atoms with Crippen molar-refractivity contribution < 1.29 is 33.9 Å². The number of esters is 1. The van der Waals surface area contributed by atoms with E-state index >= 15 is 0 Å². The minimum Gasteiger partial charge on any atom is -0.477 e. The topological polar surface area (TPSA) is 174 Å². The standard InChI is InChI=1S/C18H19N5O7S2/c1-3-8-6-31-16-12(15(26)23(16)13(8)17(27)28)21-14(25)11(9-7-32-18(19)20-9)22-30-5-10(24)29-4-2/h3,7,12,16H,1,4-6H2,2H3,(H2,19,20)(H,21,25)(H,27,28)/b22-11+/t12?,16-/m1/s1. The highest BCUT2D eigenvalue weighted by molar-refractivity contribution is 8.00. The Morgan fingerprint density at radius 3 is 2.84 bits per heavy atom. The van der Waals surface area contributed by atoms with E-state index in [2.05, 4.69) is 22.0 Å². The maximum atomic E-state index is 12.9. The molecule has 2 atom stereocenters. The maximum Gasteiger partial charge on any atom is 0.352 e. The second kappa shape index (κ2) is 9.82. The minimum absolute atomic E-state index is 0.0915. The Morgan fingerprint density at radius 2 is 2.25 bits per heavy atom. The summed E-state index contributed by atoms with van der Waals surface area (Å²) in [5, 5.41) is 16.7. The monoisotopic (exact) mass is 481 g/mol. The number of hydrogen-bond donors (Lipinski definition) is 3. The van der Waals surface area contributed by atoms with Gasteiger partial charge in [0.25, 0.3) is 11.8 Å². The largest absolute Gasteiger partial charge is 0.477 e. The second-order valence-corrected chi connectivity index (χ2v) is 8.33. The van der Waals surface area contributed by atoms with E-state index in [1.807, 2.05) is 0 Å². The number of nitrogen functional groups attached to an aromatic ring is 1. The molecule has 1 aromatic heterocycles. The van der Waals surface area contributed by atoms with Crippen LogP contribution in [0.4, 0.5) is 5.13 Å². The quantitative estimate of drug-likeness (QED) is 0.187. The number of amides is 2. The zero-order chi connectivity index (χ0) is 23.4. The van der Waals surface area contributed by atoms with Gasteiger partial charge in [-0.15, -0.1) is 23.1 Å². The molecule has 12 nitrogen and oxygen atoms in total. The number of carbonyl (C=O) groups is 4. The molecule has 14 heteroatoms. The van der Waals surface area contributed by atoms with Crippen molar-refractivity contribution in [2.45, 2.75) is 18.3 Å². The van der Waals surface area contributed by atoms with E-state index in [0.29, 0.717) is 11.3 Å². The smallest absolute Gasteiger partial charge is 0.352 e. The summed E-state index contributed by atoms with van der Waals surface area (Å²) in [6.45, 7) is 4.83. The predicted molar refractivity (Wildman–Crippen MR) is 116 cm³/mol. The van der Waals surface area contributed by atoms with Crippen LogP contribution in [0.5, 0.6) is 0 Å². The van der Waals surface area contributed by atoms with Gasteiger partial charge in [0.2, 0.25) is 6.61 Å². The van der Waals surface area contributed by atoms with E-state index < -0.39 is 41.8 Å². The van der Waals surface area contributed by atoms with Crippen molar-refractivity contribution in [3.8, 4) is 0 Å². The summed E-state index contributed by atoms with van der Waals surface area (Å²) in [4.78, 5) is 58.6. The van der Waals surface area contributed by atoms with Gasteiger partial charge in [0.05, 0.1) is 6.61 Å². The SMILES string of the molecule is C=CC1=C(C(=O)O)N2C(=O)C(NC(=O)/C(=N/OCC(=O)OCC)c3csc(N)n3)[C@H]2SC1. The fourth-order valence-corrected chi connectivity index (χ4v) is 4.85. The number of allylic oxidation sites excluding steroid dienone is 1. The lowest BCUT2D eigenvalue weighted by Gasteiger charge is -2.49. The van der Waals surface area contributed by atoms with Gasteiger partial charge in [-0.3, -0.25) is 14.5 Å². The van der Waals surface area contributed by atoms with Crippen LogP contribution in [-0.4, -0.2) is 74.8 Å². The lowest BCUT2D eigenvalue weighted by atomic mass is 10.0. The molecule has 170 valence electrons. The van der Waals surface area contributed by atoms with Crippen LogP contribution in [-0.2, 0) is 28.8 Å². The number of carboxylic acids is 1. The molecule has 0 saturated carbocycles. The van der Waals surface area contributed by atoms with Gasteiger partial charge < -0.3 is 25.7 Å². The number of aromatic nitrogens is 1. The number of thioether (sulfide) groups is 1. The number of aliphatic carboxylic acids is 1. The van der Waals surface area contributed by atoms with Gasteiger partial charge in [0.15, 0.2) is 10.8 Å². The Bertz CT molecular complexity index is 1030. The Hall–Kier alpha value is -3.39. The summed E-state index contributed by atoms with van der Waals surface area (Å²) < 4.78 is 4.73. The van der Waals surface area contributed by atoms with E-state index in [1.165, 1.54) is 23.2 Å². The van der Waals surface area contributed by atoms with Gasteiger partial charge in [0.1, 0.15) is 22.8 Å². The summed E-state index contributed by atoms with van der Waals surface area (Å²) in [6.07, 6.45) is 1.39. The highest BCUT2D eigenvalue weighted by atomic mass is 32.2. The number of oxime groups is 1. The zero-order valence-electron chi connectivity index (χ0n) is 16.8. The molecule has 0 spiro atoms. The number of nitrogens with two attached hydrogens (primary N) is 1. The van der Waals surface area contributed by atoms with Crippen molar-refractivity contribution in [2.24, 2.45) is 5.16 Å². The third-order valence-corrected chi connectivity index (χ3v) is 6.33. The van der Waals surface area contributed by atoms with Crippen LogP contribution < -0.4 is 11.1 Å². The number of carbonyl (C=O) groups excluding carboxylic acids is 3. The van der Waals surface area contributed by atoms with Crippen LogP contribution in [0.1, 0.15) is 12.6 Å². The third-order valence-electron chi connectivity index (χ3n) is 4.36. The van der Waals surface area contributed by atoms with Crippen molar-refractivity contribution in [3.05, 3.63) is 35.0 Å². The van der Waals surface area contributed by atoms with Gasteiger partial charge in [0, 0.05) is 11.1 Å². The maximum absolute atomic E-state index is 12.9. The number of nitrogens with zero attached hydrogens (tertiary/aromatic N) is 3. The molecule has 2 amide bonds. The average Bonchev–Trinajstić information content (AvgIpc) is 3.19. The number of hydrogen-bond acceptors (Lipinski definition) is 11. The van der Waals surface area contributed by atoms with Gasteiger partial charge in [-0.1, -0.05) is 17.8 Å². The molecule has 1 aromatic rings. The number of rotatable bonds is 9. The Morgan fingerprint density at radius 1 is 1.50 bits per heavy atom. The number of ether oxygens (including phenoxy) is 1. The van der Waals surface area contributed by atoms with Crippen LogP contribution in [0.2, 0.25) is 0 Å². The molecule has 3 rings (SSSR count). The summed E-state index contributed by atoms with van der Waals surface area (Å²) in [6, 6.07) is -0.987. The number of carboxylic acid groups (broad SMARTS) is 1. The molecular formula is C18H19N5O7S2. The first-order valence-corrected chi connectivity index (χ1v) is 11.1. The molecule has 3 heterocycles. The lowest BCUT2D eigenvalue weighted by Crippen LogP contribution is -2.71. The lowest BCUT2D eigenvalue weighted by molar-refractivity contribution is -0.150. The van der Waals surface area contributed by atoms with Gasteiger partial charge >= 0.3 is 11.9 Å². The number of nitrogens with one attached hydrogen (secondary N) is 1. The fourth-order valence-electron chi connectivity index (χ4n) is 2.96. The number of anilines is 1. The van der Waals surface area contributed by atoms with E-state index in [4.69, 9.17) is 15.3 Å². The van der Waals surface area contributed by atoms with E-state index in [0.717, 1.165) is 16.2 Å². The highest BCUT2D eigenvalue weighted by Crippen LogP contribution is 2.40. The summed E-state index contributed by atoms with van der Waals surface area (Å²) in [5.41, 5.74) is 5.69. The van der Waals surface area contributed by atoms with Crippen LogP contribution in [0.25, 0.3) is 0 Å². The van der Waals surface area contributed by atoms with Crippen LogP contribution >= 0.6 is 23.1 Å². The van der Waals surface area contributed by atoms with E-state index in [-0.39, 0.29) is 28.8 Å². The summed E-state index contributed by atoms with van der Waals surface area (Å²) in [5.74, 6) is -3.00. The molecule has 1 saturated heterocycles. The number of β-lactam (4-membered cyclic amide) rings is 1. The van der Waals surface area contributed by atoms with Crippen LogP contribution in [0.3, 0.4) is 0 Å². The predicted octanol–water partition coefficient (Wildman–Crippen LogP) is -0.0663. The average molecular weight is 482 g/mol. The first kappa shape index (κ1) is 23.3. The van der Waals surface area contributed by atoms with Crippen LogP contribution in [0, 0.1) is 0 Å². The summed E-state index contributed by atoms with van der Waals surface area (Å²) >= 11 is 2.35. The molecule has 2 aliphatic rings. The Balaban J connectivity index is 1.76. The fraction of sp³-hybridized carbons (Fsp3) is 0.333. The van der Waals surface area contributed by atoms with Crippen molar-refractivity contribution in [2.75, 3.05) is 24.7 Å². The van der Waals surface area contributed by atoms with Crippen molar-refractivity contribution >= 4 is 57.7 Å². The third kappa shape index (κ3) is 4.60. The zero-order valence-corrected chi connectivity index (χ0v) is 18.4. The van der Waals surface area contributed by atoms with Gasteiger partial charge in [-0.05, 0) is 12.5 Å². The molecule has 0 radical (unpaired) electrons. The van der Waals surface area contributed by atoms with Crippen molar-refractivity contribution in [3.63, 3.8) is 0 Å². The number of fused-ring (bicyclic) bond motifs is 1. The first-order valence-electron chi connectivity index (χ1n) is 9.19. The normalized spacial score (nSPS) is 20.2. The molecule has 0 aromatic carbocycles. The van der Waals surface area contributed by atoms with Crippen molar-refractivity contribution in [1.29, 1.82) is 0 Å². The van der Waals surface area contributed by atoms with Crippen molar-refractivity contribution in [1.82, 2.24) is 15.2 Å². The molecule has 0 bridgehead atoms. The molecular weight excluding hydrogens is 462 g/mol.